The average molecular weight is 385 g/mol. The molecule has 8 heteroatoms. The van der Waals surface area contributed by atoms with Crippen LogP contribution < -0.4 is 5.11 Å². The van der Waals surface area contributed by atoms with E-state index in [1.165, 1.54) is 23.1 Å². The number of carbonyl (C=O) groups is 1. The Bertz CT molecular complexity index is 913. The standard InChI is InChI=1S/C18H14N2O4S2/c21-15-7-6-13(10-14(15)20(23)24)11-16-17(22)19(18(25)26-16)9-8-12-4-2-1-3-5-12/h1-7,10-11,21H,8-9H2/p-1/b16-11-. The van der Waals surface area contributed by atoms with E-state index in [4.69, 9.17) is 12.2 Å². The van der Waals surface area contributed by atoms with Gasteiger partial charge in [-0.15, -0.1) is 0 Å². The van der Waals surface area contributed by atoms with Crippen molar-refractivity contribution in [2.45, 2.75) is 6.42 Å². The van der Waals surface area contributed by atoms with Gasteiger partial charge < -0.3 is 5.11 Å². The monoisotopic (exact) mass is 385 g/mol. The van der Waals surface area contributed by atoms with Gasteiger partial charge in [0.1, 0.15) is 4.32 Å². The number of thiocarbonyl (C=S) groups is 1. The van der Waals surface area contributed by atoms with Crippen molar-refractivity contribution in [3.8, 4) is 5.75 Å². The second kappa shape index (κ2) is 7.67. The lowest BCUT2D eigenvalue weighted by Gasteiger charge is -2.14. The molecule has 132 valence electrons. The maximum Gasteiger partial charge on any atom is 0.266 e. The summed E-state index contributed by atoms with van der Waals surface area (Å²) in [4.78, 5) is 24.6. The predicted molar refractivity (Wildman–Crippen MR) is 103 cm³/mol. The molecule has 1 fully saturated rings. The van der Waals surface area contributed by atoms with Crippen LogP contribution in [0.3, 0.4) is 0 Å². The molecule has 0 aliphatic carbocycles. The van der Waals surface area contributed by atoms with Gasteiger partial charge in [-0.05, 0) is 29.4 Å². The molecule has 1 amide bonds. The Morgan fingerprint density at radius 2 is 1.92 bits per heavy atom. The summed E-state index contributed by atoms with van der Waals surface area (Å²) in [5.41, 5.74) is 1.00. The van der Waals surface area contributed by atoms with E-state index in [1.54, 1.807) is 0 Å². The van der Waals surface area contributed by atoms with E-state index in [9.17, 15) is 20.0 Å². The number of hydrogen-bond acceptors (Lipinski definition) is 6. The Morgan fingerprint density at radius 3 is 2.62 bits per heavy atom. The lowest BCUT2D eigenvalue weighted by Crippen LogP contribution is -2.30. The smallest absolute Gasteiger partial charge is 0.266 e. The molecule has 0 unspecified atom stereocenters. The van der Waals surface area contributed by atoms with Gasteiger partial charge in [-0.2, -0.15) is 0 Å². The molecule has 3 rings (SSSR count). The first-order valence-electron chi connectivity index (χ1n) is 7.70. The molecule has 1 saturated heterocycles. The van der Waals surface area contributed by atoms with Crippen molar-refractivity contribution in [3.05, 3.63) is 74.7 Å². The molecular formula is C18H13N2O4S2-. The van der Waals surface area contributed by atoms with Crippen molar-refractivity contribution in [2.24, 2.45) is 0 Å². The van der Waals surface area contributed by atoms with Crippen LogP contribution in [-0.4, -0.2) is 26.6 Å². The number of amides is 1. The highest BCUT2D eigenvalue weighted by molar-refractivity contribution is 8.26. The topological polar surface area (TPSA) is 86.5 Å². The minimum Gasteiger partial charge on any atom is -0.868 e. The van der Waals surface area contributed by atoms with Gasteiger partial charge in [0.05, 0.1) is 9.83 Å². The first-order chi connectivity index (χ1) is 12.5. The third kappa shape index (κ3) is 3.92. The van der Waals surface area contributed by atoms with Gasteiger partial charge in [-0.25, -0.2) is 0 Å². The quantitative estimate of drug-likeness (QED) is 0.340. The van der Waals surface area contributed by atoms with E-state index >= 15 is 0 Å². The fourth-order valence-corrected chi connectivity index (χ4v) is 3.81. The summed E-state index contributed by atoms with van der Waals surface area (Å²) in [6.07, 6.45) is 2.20. The fraction of sp³-hybridized carbons (Fsp3) is 0.111. The van der Waals surface area contributed by atoms with Crippen molar-refractivity contribution in [3.63, 3.8) is 0 Å². The van der Waals surface area contributed by atoms with Gasteiger partial charge in [-0.3, -0.25) is 19.8 Å². The molecular weight excluding hydrogens is 372 g/mol. The number of nitrogens with zero attached hydrogens (tertiary/aromatic N) is 2. The third-order valence-corrected chi connectivity index (χ3v) is 5.20. The molecule has 26 heavy (non-hydrogen) atoms. The third-order valence-electron chi connectivity index (χ3n) is 3.82. The number of hydrogen-bond donors (Lipinski definition) is 0. The van der Waals surface area contributed by atoms with Crippen LogP contribution in [0.1, 0.15) is 11.1 Å². The number of nitro benzene ring substituents is 1. The SMILES string of the molecule is O=C1/C(=C/c2ccc([O-])c([N+](=O)[O-])c2)SC(=S)N1CCc1ccccc1. The highest BCUT2D eigenvalue weighted by atomic mass is 32.2. The van der Waals surface area contributed by atoms with Crippen LogP contribution in [0.5, 0.6) is 5.75 Å². The molecule has 0 spiro atoms. The summed E-state index contributed by atoms with van der Waals surface area (Å²) < 4.78 is 0.451. The van der Waals surface area contributed by atoms with Crippen molar-refractivity contribution in [2.75, 3.05) is 6.54 Å². The maximum absolute atomic E-state index is 12.6. The lowest BCUT2D eigenvalue weighted by molar-refractivity contribution is -0.398. The Morgan fingerprint density at radius 1 is 1.19 bits per heavy atom. The van der Waals surface area contributed by atoms with Gasteiger partial charge in [0.2, 0.25) is 0 Å². The zero-order valence-corrected chi connectivity index (χ0v) is 15.1. The first kappa shape index (κ1) is 18.1. The molecule has 1 aliphatic heterocycles. The number of rotatable bonds is 5. The first-order valence-corrected chi connectivity index (χ1v) is 8.93. The Labute approximate surface area is 159 Å². The number of nitro groups is 1. The van der Waals surface area contributed by atoms with E-state index < -0.39 is 16.4 Å². The molecule has 6 nitrogen and oxygen atoms in total. The predicted octanol–water partition coefficient (Wildman–Crippen LogP) is 3.11. The average Bonchev–Trinajstić information content (AvgIpc) is 2.89. The van der Waals surface area contributed by atoms with Gasteiger partial charge in [-0.1, -0.05) is 66.4 Å². The van der Waals surface area contributed by atoms with Crippen molar-refractivity contribution >= 4 is 46.0 Å². The fourth-order valence-electron chi connectivity index (χ4n) is 2.50. The maximum atomic E-state index is 12.6. The van der Waals surface area contributed by atoms with Gasteiger partial charge in [0.15, 0.2) is 0 Å². The Balaban J connectivity index is 1.77. The van der Waals surface area contributed by atoms with Crippen LogP contribution in [0.2, 0.25) is 0 Å². The van der Waals surface area contributed by atoms with E-state index in [-0.39, 0.29) is 5.91 Å². The molecule has 2 aromatic carbocycles. The molecule has 0 radical (unpaired) electrons. The Kier molecular flexibility index (Phi) is 5.34. The van der Waals surface area contributed by atoms with Crippen LogP contribution >= 0.6 is 24.0 Å². The summed E-state index contributed by atoms with van der Waals surface area (Å²) in [5, 5.41) is 22.4. The molecule has 2 aromatic rings. The summed E-state index contributed by atoms with van der Waals surface area (Å²) >= 11 is 6.43. The van der Waals surface area contributed by atoms with Gasteiger partial charge in [0.25, 0.3) is 11.6 Å². The van der Waals surface area contributed by atoms with Crippen LogP contribution in [0, 0.1) is 10.1 Å². The normalized spacial score (nSPS) is 15.7. The summed E-state index contributed by atoms with van der Waals surface area (Å²) in [6, 6.07) is 13.5. The number of thioether (sulfide) groups is 1. The largest absolute Gasteiger partial charge is 0.868 e. The van der Waals surface area contributed by atoms with E-state index in [1.807, 2.05) is 30.3 Å². The zero-order chi connectivity index (χ0) is 18.7. The molecule has 1 aliphatic rings. The molecule has 0 atom stereocenters. The van der Waals surface area contributed by atoms with E-state index in [2.05, 4.69) is 0 Å². The molecule has 0 bridgehead atoms. The van der Waals surface area contributed by atoms with Gasteiger partial charge in [0, 0.05) is 12.6 Å². The second-order valence-corrected chi connectivity index (χ2v) is 7.23. The molecule has 0 aromatic heterocycles. The Hall–Kier alpha value is -2.71. The second-order valence-electron chi connectivity index (χ2n) is 5.55. The highest BCUT2D eigenvalue weighted by Crippen LogP contribution is 2.34. The molecule has 1 heterocycles. The molecule has 0 N–H and O–H groups in total. The van der Waals surface area contributed by atoms with Crippen LogP contribution in [0.25, 0.3) is 6.08 Å². The minimum atomic E-state index is -0.731. The minimum absolute atomic E-state index is 0.232. The summed E-state index contributed by atoms with van der Waals surface area (Å²) in [5.74, 6) is -0.896. The van der Waals surface area contributed by atoms with Crippen molar-refractivity contribution in [1.29, 1.82) is 0 Å². The van der Waals surface area contributed by atoms with Crippen molar-refractivity contribution < 1.29 is 14.8 Å². The van der Waals surface area contributed by atoms with Crippen LogP contribution in [-0.2, 0) is 11.2 Å². The number of benzene rings is 2. The zero-order valence-electron chi connectivity index (χ0n) is 13.5. The summed E-state index contributed by atoms with van der Waals surface area (Å²) in [6.45, 7) is 0.464. The van der Waals surface area contributed by atoms with E-state index in [0.717, 1.165) is 23.4 Å². The molecule has 0 saturated carbocycles. The lowest BCUT2D eigenvalue weighted by atomic mass is 10.1. The van der Waals surface area contributed by atoms with Crippen molar-refractivity contribution in [1.82, 2.24) is 4.90 Å². The van der Waals surface area contributed by atoms with Gasteiger partial charge >= 0.3 is 0 Å². The van der Waals surface area contributed by atoms with Crippen LogP contribution in [0.4, 0.5) is 5.69 Å². The highest BCUT2D eigenvalue weighted by Gasteiger charge is 2.31. The summed E-state index contributed by atoms with van der Waals surface area (Å²) in [7, 11) is 0. The van der Waals surface area contributed by atoms with E-state index in [0.29, 0.717) is 27.8 Å². The van der Waals surface area contributed by atoms with Crippen LogP contribution in [0.15, 0.2) is 53.4 Å². The number of carbonyl (C=O) groups excluding carboxylic acids is 1.